The fourth-order valence-corrected chi connectivity index (χ4v) is 4.68. The van der Waals surface area contributed by atoms with Crippen molar-refractivity contribution in [1.82, 2.24) is 19.5 Å². The molecule has 0 bridgehead atoms. The molecule has 0 radical (unpaired) electrons. The molecule has 13 heteroatoms. The summed E-state index contributed by atoms with van der Waals surface area (Å²) in [4.78, 5) is 16.1. The third-order valence-corrected chi connectivity index (χ3v) is 7.09. The zero-order valence-electron chi connectivity index (χ0n) is 16.6. The minimum Gasteiger partial charge on any atom is -0.363 e. The third kappa shape index (κ3) is 4.51. The van der Waals surface area contributed by atoms with Crippen LogP contribution in [0.25, 0.3) is 10.9 Å². The number of carbonyl (C=O) groups excluding carboxylic acids is 1. The van der Waals surface area contributed by atoms with Crippen molar-refractivity contribution in [2.75, 3.05) is 5.32 Å². The number of halogens is 4. The number of hydrogen-bond donors (Lipinski definition) is 2. The summed E-state index contributed by atoms with van der Waals surface area (Å²) in [6.45, 7) is 0.108. The second-order valence-electron chi connectivity index (χ2n) is 7.38. The fraction of sp³-hybridized carbons (Fsp3) is 0.316. The first-order chi connectivity index (χ1) is 15.0. The highest BCUT2D eigenvalue weighted by molar-refractivity contribution is 7.91. The lowest BCUT2D eigenvalue weighted by Gasteiger charge is -2.10. The van der Waals surface area contributed by atoms with Crippen LogP contribution >= 0.6 is 11.6 Å². The van der Waals surface area contributed by atoms with Crippen molar-refractivity contribution < 1.29 is 26.4 Å². The van der Waals surface area contributed by atoms with Gasteiger partial charge in [0.25, 0.3) is 5.91 Å². The Balaban J connectivity index is 1.53. The number of fused-ring (bicyclic) bond motifs is 1. The SMILES string of the molecule is Cn1nc(CNc2ncc(C(F)(F)F)cc2Cl)c2ccc(C(=O)NS(=O)(=O)C3CC3)cc21. The Morgan fingerprint density at radius 3 is 2.62 bits per heavy atom. The van der Waals surface area contributed by atoms with Crippen LogP contribution in [0.1, 0.15) is 34.5 Å². The monoisotopic (exact) mass is 487 g/mol. The first-order valence-corrected chi connectivity index (χ1v) is 11.4. The number of pyridine rings is 1. The van der Waals surface area contributed by atoms with Crippen LogP contribution in [-0.2, 0) is 29.8 Å². The molecule has 0 saturated heterocycles. The maximum Gasteiger partial charge on any atom is 0.417 e. The molecule has 1 aliphatic rings. The van der Waals surface area contributed by atoms with Gasteiger partial charge in [-0.1, -0.05) is 17.7 Å². The molecule has 2 aromatic heterocycles. The van der Waals surface area contributed by atoms with Crippen molar-refractivity contribution in [1.29, 1.82) is 0 Å². The van der Waals surface area contributed by atoms with Gasteiger partial charge in [-0.15, -0.1) is 0 Å². The van der Waals surface area contributed by atoms with Crippen molar-refractivity contribution in [2.45, 2.75) is 30.8 Å². The summed E-state index contributed by atoms with van der Waals surface area (Å²) in [7, 11) is -2.02. The molecule has 0 aliphatic heterocycles. The molecule has 32 heavy (non-hydrogen) atoms. The number of alkyl halides is 3. The zero-order valence-corrected chi connectivity index (χ0v) is 18.1. The predicted octanol–water partition coefficient (Wildman–Crippen LogP) is 3.47. The molecule has 1 saturated carbocycles. The molecule has 8 nitrogen and oxygen atoms in total. The molecule has 1 aliphatic carbocycles. The van der Waals surface area contributed by atoms with Crippen LogP contribution in [0.3, 0.4) is 0 Å². The van der Waals surface area contributed by atoms with E-state index in [4.69, 9.17) is 11.6 Å². The summed E-state index contributed by atoms with van der Waals surface area (Å²) >= 11 is 5.92. The molecular weight excluding hydrogens is 471 g/mol. The van der Waals surface area contributed by atoms with Crippen molar-refractivity contribution in [3.8, 4) is 0 Å². The number of sulfonamides is 1. The van der Waals surface area contributed by atoms with E-state index < -0.39 is 32.9 Å². The molecule has 2 N–H and O–H groups in total. The third-order valence-electron chi connectivity index (χ3n) is 4.98. The highest BCUT2D eigenvalue weighted by atomic mass is 35.5. The Morgan fingerprint density at radius 2 is 2.00 bits per heavy atom. The average Bonchev–Trinajstić information content (AvgIpc) is 3.52. The average molecular weight is 488 g/mol. The van der Waals surface area contributed by atoms with Gasteiger partial charge in [0.1, 0.15) is 5.82 Å². The molecular formula is C19H17ClF3N5O3S. The minimum absolute atomic E-state index is 0.0692. The number of benzene rings is 1. The van der Waals surface area contributed by atoms with Crippen molar-refractivity contribution >= 4 is 44.3 Å². The van der Waals surface area contributed by atoms with E-state index in [1.165, 1.54) is 16.8 Å². The van der Waals surface area contributed by atoms with Gasteiger partial charge in [-0.2, -0.15) is 18.3 Å². The first kappa shape index (κ1) is 22.3. The molecule has 0 atom stereocenters. The molecule has 0 unspecified atom stereocenters. The van der Waals surface area contributed by atoms with Crippen LogP contribution in [0.2, 0.25) is 5.02 Å². The number of nitrogens with one attached hydrogen (secondary N) is 2. The molecule has 1 amide bonds. The van der Waals surface area contributed by atoms with E-state index in [9.17, 15) is 26.4 Å². The normalized spacial score (nSPS) is 14.5. The minimum atomic E-state index is -4.55. The molecule has 170 valence electrons. The van der Waals surface area contributed by atoms with Crippen LogP contribution in [0.4, 0.5) is 19.0 Å². The van der Waals surface area contributed by atoms with Gasteiger partial charge in [0.2, 0.25) is 10.0 Å². The van der Waals surface area contributed by atoms with Gasteiger partial charge in [-0.25, -0.2) is 18.1 Å². The summed E-state index contributed by atoms with van der Waals surface area (Å²) in [5, 5.41) is 7.18. The van der Waals surface area contributed by atoms with E-state index in [2.05, 4.69) is 20.1 Å². The molecule has 1 fully saturated rings. The second kappa shape index (κ2) is 7.93. The molecule has 2 heterocycles. The first-order valence-electron chi connectivity index (χ1n) is 9.44. The van der Waals surface area contributed by atoms with Crippen molar-refractivity contribution in [3.05, 3.63) is 52.3 Å². The molecule has 4 rings (SSSR count). The predicted molar refractivity (Wildman–Crippen MR) is 112 cm³/mol. The highest BCUT2D eigenvalue weighted by Gasteiger charge is 2.37. The maximum atomic E-state index is 12.8. The van der Waals surface area contributed by atoms with E-state index in [0.717, 1.165) is 6.07 Å². The lowest BCUT2D eigenvalue weighted by Crippen LogP contribution is -2.33. The number of amides is 1. The van der Waals surface area contributed by atoms with Gasteiger partial charge in [0.05, 0.1) is 33.6 Å². The maximum absolute atomic E-state index is 12.8. The van der Waals surface area contributed by atoms with Gasteiger partial charge in [-0.3, -0.25) is 9.48 Å². The lowest BCUT2D eigenvalue weighted by molar-refractivity contribution is -0.137. The van der Waals surface area contributed by atoms with E-state index in [1.54, 1.807) is 13.1 Å². The quantitative estimate of drug-likeness (QED) is 0.551. The zero-order chi connectivity index (χ0) is 23.3. The number of anilines is 1. The van der Waals surface area contributed by atoms with E-state index >= 15 is 0 Å². The van der Waals surface area contributed by atoms with E-state index in [1.807, 2.05) is 0 Å². The van der Waals surface area contributed by atoms with E-state index in [0.29, 0.717) is 35.6 Å². The Kier molecular flexibility index (Phi) is 5.53. The Hall–Kier alpha value is -2.86. The van der Waals surface area contributed by atoms with Crippen molar-refractivity contribution in [3.63, 3.8) is 0 Å². The van der Waals surface area contributed by atoms with Gasteiger partial charge in [0.15, 0.2) is 0 Å². The summed E-state index contributed by atoms with van der Waals surface area (Å²) < 4.78 is 65.9. The summed E-state index contributed by atoms with van der Waals surface area (Å²) in [6.07, 6.45) is -2.78. The molecule has 1 aromatic carbocycles. The number of nitrogens with zero attached hydrogens (tertiary/aromatic N) is 3. The van der Waals surface area contributed by atoms with Crippen LogP contribution in [0.5, 0.6) is 0 Å². The summed E-state index contributed by atoms with van der Waals surface area (Å²) in [5.41, 5.74) is 0.324. The number of aryl methyl sites for hydroxylation is 1. The number of aromatic nitrogens is 3. The number of rotatable bonds is 6. The van der Waals surface area contributed by atoms with Gasteiger partial charge < -0.3 is 5.32 Å². The van der Waals surface area contributed by atoms with Gasteiger partial charge >= 0.3 is 6.18 Å². The Bertz CT molecular complexity index is 1320. The van der Waals surface area contributed by atoms with Crippen LogP contribution in [0.15, 0.2) is 30.5 Å². The number of hydrogen-bond acceptors (Lipinski definition) is 6. The number of carbonyl (C=O) groups is 1. The summed E-state index contributed by atoms with van der Waals surface area (Å²) in [5.74, 6) is -0.653. The highest BCUT2D eigenvalue weighted by Crippen LogP contribution is 2.32. The second-order valence-corrected chi connectivity index (χ2v) is 9.75. The topological polar surface area (TPSA) is 106 Å². The van der Waals surface area contributed by atoms with Gasteiger partial charge in [-0.05, 0) is 31.0 Å². The standard InChI is InChI=1S/C19H17ClF3N5O3S/c1-28-16-6-10(18(29)27-32(30,31)12-3-4-12)2-5-13(16)15(26-28)9-25-17-14(20)7-11(8-24-17)19(21,22)23/h2,5-8,12H,3-4,9H2,1H3,(H,24,25)(H,27,29). The fourth-order valence-electron chi connectivity index (χ4n) is 3.14. The molecule has 0 spiro atoms. The van der Waals surface area contributed by atoms with Gasteiger partial charge in [0, 0.05) is 24.2 Å². The lowest BCUT2D eigenvalue weighted by atomic mass is 10.1. The summed E-state index contributed by atoms with van der Waals surface area (Å²) in [6, 6.07) is 5.41. The smallest absolute Gasteiger partial charge is 0.363 e. The van der Waals surface area contributed by atoms with Crippen LogP contribution in [0, 0.1) is 0 Å². The van der Waals surface area contributed by atoms with Crippen LogP contribution in [-0.4, -0.2) is 34.3 Å². The Morgan fingerprint density at radius 1 is 1.28 bits per heavy atom. The largest absolute Gasteiger partial charge is 0.417 e. The van der Waals surface area contributed by atoms with E-state index in [-0.39, 0.29) is 22.9 Å². The van der Waals surface area contributed by atoms with Crippen molar-refractivity contribution in [2.24, 2.45) is 7.05 Å². The molecule has 3 aromatic rings. The van der Waals surface area contributed by atoms with Crippen LogP contribution < -0.4 is 10.0 Å². The Labute approximate surface area is 185 Å².